The lowest BCUT2D eigenvalue weighted by atomic mass is 10.2. The predicted molar refractivity (Wildman–Crippen MR) is 130 cm³/mol. The van der Waals surface area contributed by atoms with Gasteiger partial charge in [-0.1, -0.05) is 23.2 Å². The molecule has 2 heterocycles. The Balaban J connectivity index is 1.80. The molecule has 15 heteroatoms. The molecule has 0 bridgehead atoms. The number of carbonyl (C=O) groups excluding carboxylic acids is 1. The van der Waals surface area contributed by atoms with Crippen LogP contribution in [0.15, 0.2) is 66.0 Å². The van der Waals surface area contributed by atoms with Crippen LogP contribution in [0.3, 0.4) is 0 Å². The van der Waals surface area contributed by atoms with E-state index in [1.54, 1.807) is 22.9 Å². The van der Waals surface area contributed by atoms with Gasteiger partial charge in [-0.05, 0) is 42.5 Å². The molecule has 1 amide bonds. The van der Waals surface area contributed by atoms with E-state index in [9.17, 15) is 27.6 Å². The monoisotopic (exact) mass is 555 g/mol. The van der Waals surface area contributed by atoms with Crippen molar-refractivity contribution < 1.29 is 27.6 Å². The molecule has 0 aliphatic heterocycles. The maximum atomic E-state index is 13.4. The van der Waals surface area contributed by atoms with E-state index in [2.05, 4.69) is 9.97 Å². The summed E-state index contributed by atoms with van der Waals surface area (Å²) < 4.78 is 40.8. The Bertz CT molecular complexity index is 1580. The second-order valence-electron chi connectivity index (χ2n) is 7.32. The Labute approximate surface area is 208 Å². The van der Waals surface area contributed by atoms with Crippen molar-refractivity contribution in [2.45, 2.75) is 4.90 Å². The molecule has 182 valence electrons. The molecular formula is C20H16Cl2N5O6PS. The Hall–Kier alpha value is -2.99. The van der Waals surface area contributed by atoms with Crippen LogP contribution in [0.4, 0.5) is 5.69 Å². The zero-order chi connectivity index (χ0) is 25.5. The third kappa shape index (κ3) is 5.32. The molecule has 4 N–H and O–H groups in total. The Morgan fingerprint density at radius 1 is 1.06 bits per heavy atom. The van der Waals surface area contributed by atoms with Gasteiger partial charge in [-0.15, -0.1) is 0 Å². The number of carbonyl (C=O) groups is 1. The third-order valence-electron chi connectivity index (χ3n) is 4.84. The number of nitrogens with two attached hydrogens (primary N) is 1. The molecule has 4 aromatic rings. The van der Waals surface area contributed by atoms with Crippen LogP contribution < -0.4 is 10.0 Å². The van der Waals surface area contributed by atoms with Crippen LogP contribution >= 0.6 is 30.8 Å². The van der Waals surface area contributed by atoms with Crippen molar-refractivity contribution in [1.82, 2.24) is 14.5 Å². The number of benzene rings is 2. The number of sulfonamides is 1. The van der Waals surface area contributed by atoms with Crippen molar-refractivity contribution >= 4 is 63.3 Å². The van der Waals surface area contributed by atoms with Gasteiger partial charge in [0.05, 0.1) is 28.5 Å². The van der Waals surface area contributed by atoms with Crippen molar-refractivity contribution in [2.24, 2.45) is 5.73 Å². The Morgan fingerprint density at radius 3 is 2.31 bits per heavy atom. The highest BCUT2D eigenvalue weighted by atomic mass is 35.5. The number of halogens is 2. The summed E-state index contributed by atoms with van der Waals surface area (Å²) in [7, 11) is -9.28. The van der Waals surface area contributed by atoms with Crippen LogP contribution in [-0.4, -0.2) is 44.9 Å². The number of anilines is 1. The van der Waals surface area contributed by atoms with E-state index in [4.69, 9.17) is 28.9 Å². The number of primary amides is 1. The fourth-order valence-corrected chi connectivity index (χ4v) is 6.74. The Morgan fingerprint density at radius 2 is 1.74 bits per heavy atom. The van der Waals surface area contributed by atoms with E-state index in [-0.39, 0.29) is 26.3 Å². The van der Waals surface area contributed by atoms with Crippen molar-refractivity contribution in [3.05, 3.63) is 76.8 Å². The smallest absolute Gasteiger partial charge is 0.345 e. The molecule has 0 saturated carbocycles. The lowest BCUT2D eigenvalue weighted by Gasteiger charge is -2.25. The first-order valence-electron chi connectivity index (χ1n) is 9.62. The van der Waals surface area contributed by atoms with E-state index >= 15 is 0 Å². The molecule has 0 saturated heterocycles. The van der Waals surface area contributed by atoms with Crippen molar-refractivity contribution in [3.8, 4) is 5.82 Å². The number of fused-ring (bicyclic) bond motifs is 1. The normalized spacial score (nSPS) is 12.1. The average molecular weight is 556 g/mol. The summed E-state index contributed by atoms with van der Waals surface area (Å²) in [5.41, 5.74) is 5.77. The van der Waals surface area contributed by atoms with Gasteiger partial charge in [0, 0.05) is 21.6 Å². The first-order chi connectivity index (χ1) is 16.3. The van der Waals surface area contributed by atoms with Crippen molar-refractivity contribution in [2.75, 3.05) is 10.6 Å². The molecule has 0 spiro atoms. The van der Waals surface area contributed by atoms with Gasteiger partial charge in [-0.3, -0.25) is 18.2 Å². The minimum atomic E-state index is -4.82. The van der Waals surface area contributed by atoms with Gasteiger partial charge in [-0.2, -0.15) is 0 Å². The molecule has 0 atom stereocenters. The second kappa shape index (κ2) is 9.23. The summed E-state index contributed by atoms with van der Waals surface area (Å²) in [4.78, 5) is 38.2. The van der Waals surface area contributed by atoms with E-state index in [1.807, 2.05) is 0 Å². The number of nitrogens with zero attached hydrogens (tertiary/aromatic N) is 4. The third-order valence-corrected chi connectivity index (χ3v) is 7.87. The minimum absolute atomic E-state index is 0.00448. The summed E-state index contributed by atoms with van der Waals surface area (Å²) in [5.74, 6) is -0.357. The lowest BCUT2D eigenvalue weighted by molar-refractivity contribution is 0.0995. The summed E-state index contributed by atoms with van der Waals surface area (Å²) >= 11 is 11.9. The molecular weight excluding hydrogens is 540 g/mol. The highest BCUT2D eigenvalue weighted by Gasteiger charge is 2.32. The molecule has 2 aromatic carbocycles. The van der Waals surface area contributed by atoms with E-state index < -0.39 is 29.8 Å². The SMILES string of the molecule is NC(=O)c1cnc(-n2ccc3cc(N(CP(=O)(O)O)S(=O)(=O)c4cc(Cl)cc(Cl)c4)ccc32)cn1. The maximum Gasteiger partial charge on any atom is 0.345 e. The molecule has 4 rings (SSSR count). The average Bonchev–Trinajstić information content (AvgIpc) is 3.19. The van der Waals surface area contributed by atoms with Crippen molar-refractivity contribution in [1.29, 1.82) is 0 Å². The largest absolute Gasteiger partial charge is 0.364 e. The van der Waals surface area contributed by atoms with E-state index in [0.29, 0.717) is 21.0 Å². The van der Waals surface area contributed by atoms with Gasteiger partial charge in [-0.25, -0.2) is 18.4 Å². The summed E-state index contributed by atoms with van der Waals surface area (Å²) in [6.45, 7) is 0. The molecule has 2 aromatic heterocycles. The molecule has 0 aliphatic carbocycles. The number of hydrogen-bond acceptors (Lipinski definition) is 6. The standard InChI is InChI=1S/C20H16Cl2N5O6PS/c21-13-6-14(22)8-16(7-13)35(32,33)27(11-34(29,30)31)15-1-2-18-12(5-15)3-4-26(18)19-10-24-17(9-25-19)20(23)28/h1-10H,11H2,(H2,23,28)(H2,29,30,31). The van der Waals surface area contributed by atoms with Gasteiger partial charge in [0.1, 0.15) is 12.0 Å². The summed E-state index contributed by atoms with van der Waals surface area (Å²) in [6.07, 6.45) is 3.11. The predicted octanol–water partition coefficient (Wildman–Crippen LogP) is 3.16. The molecule has 0 aliphatic rings. The van der Waals surface area contributed by atoms with Gasteiger partial charge in [0.15, 0.2) is 5.82 Å². The molecule has 11 nitrogen and oxygen atoms in total. The van der Waals surface area contributed by atoms with Crippen LogP contribution in [0.1, 0.15) is 10.5 Å². The first kappa shape index (κ1) is 25.1. The van der Waals surface area contributed by atoms with Gasteiger partial charge < -0.3 is 15.5 Å². The fraction of sp³-hybridized carbons (Fsp3) is 0.0500. The number of hydrogen-bond donors (Lipinski definition) is 3. The van der Waals surface area contributed by atoms with E-state index in [1.165, 1.54) is 30.6 Å². The van der Waals surface area contributed by atoms with Crippen LogP contribution in [0.2, 0.25) is 10.0 Å². The summed E-state index contributed by atoms with van der Waals surface area (Å²) in [6, 6.07) is 9.67. The molecule has 0 unspecified atom stereocenters. The quantitative estimate of drug-likeness (QED) is 0.292. The van der Waals surface area contributed by atoms with Crippen LogP contribution in [0.25, 0.3) is 16.7 Å². The molecule has 35 heavy (non-hydrogen) atoms. The maximum absolute atomic E-state index is 13.4. The van der Waals surface area contributed by atoms with Gasteiger partial charge in [0.25, 0.3) is 15.9 Å². The molecule has 0 radical (unpaired) electrons. The summed E-state index contributed by atoms with van der Waals surface area (Å²) in [5, 5.41) is 0.629. The van der Waals surface area contributed by atoms with Crippen LogP contribution in [-0.2, 0) is 14.6 Å². The van der Waals surface area contributed by atoms with Crippen molar-refractivity contribution in [3.63, 3.8) is 0 Å². The van der Waals surface area contributed by atoms with E-state index in [0.717, 1.165) is 12.1 Å². The molecule has 0 fully saturated rings. The number of amides is 1. The Kier molecular flexibility index (Phi) is 6.62. The number of rotatable bonds is 7. The zero-order valence-electron chi connectivity index (χ0n) is 17.5. The highest BCUT2D eigenvalue weighted by molar-refractivity contribution is 7.93. The number of aromatic nitrogens is 3. The topological polar surface area (TPSA) is 169 Å². The zero-order valence-corrected chi connectivity index (χ0v) is 20.7. The first-order valence-corrected chi connectivity index (χ1v) is 13.6. The second-order valence-corrected chi connectivity index (χ2v) is 11.7. The van der Waals surface area contributed by atoms with Gasteiger partial charge in [0.2, 0.25) is 0 Å². The fourth-order valence-electron chi connectivity index (χ4n) is 3.33. The lowest BCUT2D eigenvalue weighted by Crippen LogP contribution is -2.32. The van der Waals surface area contributed by atoms with Crippen LogP contribution in [0.5, 0.6) is 0 Å². The minimum Gasteiger partial charge on any atom is -0.364 e. The highest BCUT2D eigenvalue weighted by Crippen LogP contribution is 2.40. The van der Waals surface area contributed by atoms with Gasteiger partial charge >= 0.3 is 7.60 Å². The van der Waals surface area contributed by atoms with Crippen LogP contribution in [0, 0.1) is 0 Å².